The Bertz CT molecular complexity index is 1080. The first-order valence-corrected chi connectivity index (χ1v) is 9.90. The molecule has 2 aromatic heterocycles. The Labute approximate surface area is 166 Å². The zero-order chi connectivity index (χ0) is 21.1. The van der Waals surface area contributed by atoms with Crippen LogP contribution in [0.1, 0.15) is 44.9 Å². The minimum absolute atomic E-state index is 0.0731. The number of nitrogens with one attached hydrogen (secondary N) is 1. The Hall–Kier alpha value is -3.11. The Morgan fingerprint density at radius 2 is 2.00 bits per heavy atom. The van der Waals surface area contributed by atoms with Crippen LogP contribution < -0.4 is 27.6 Å². The second-order valence-electron chi connectivity index (χ2n) is 7.27. The first-order valence-electron chi connectivity index (χ1n) is 9.90. The van der Waals surface area contributed by atoms with Gasteiger partial charge in [0.15, 0.2) is 5.69 Å². The molecule has 0 aromatic carbocycles. The average Bonchev–Trinajstić information content (AvgIpc) is 2.84. The molecule has 0 saturated heterocycles. The van der Waals surface area contributed by atoms with Crippen molar-refractivity contribution in [2.24, 2.45) is 0 Å². The molecule has 2 aromatic rings. The van der Waals surface area contributed by atoms with E-state index in [-0.39, 0.29) is 23.7 Å². The van der Waals surface area contributed by atoms with E-state index in [0.29, 0.717) is 31.8 Å². The quantitative estimate of drug-likeness (QED) is 0.674. The Kier molecular flexibility index (Phi) is 6.04. The fourth-order valence-corrected chi connectivity index (χ4v) is 3.53. The maximum absolute atomic E-state index is 12.8. The predicted octanol–water partition coefficient (Wildman–Crippen LogP) is -0.333. The van der Waals surface area contributed by atoms with E-state index in [1.54, 1.807) is 4.57 Å². The monoisotopic (exact) mass is 405 g/mol. The molecule has 0 saturated carbocycles. The van der Waals surface area contributed by atoms with Crippen LogP contribution >= 0.6 is 0 Å². The molecular weight excluding hydrogens is 378 g/mol. The van der Waals surface area contributed by atoms with Gasteiger partial charge in [0.05, 0.1) is 0 Å². The number of rotatable bonds is 6. The minimum atomic E-state index is -0.746. The lowest BCUT2D eigenvalue weighted by Gasteiger charge is -2.20. The molecule has 3 rings (SSSR count). The van der Waals surface area contributed by atoms with Crippen LogP contribution in [0.5, 0.6) is 0 Å². The highest BCUT2D eigenvalue weighted by atomic mass is 16.2. The van der Waals surface area contributed by atoms with Gasteiger partial charge in [-0.15, -0.1) is 0 Å². The third-order valence-electron chi connectivity index (χ3n) is 5.23. The minimum Gasteiger partial charge on any atom is -0.383 e. The molecular formula is C18H27N7O4. The number of nitrogens with two attached hydrogens (primary N) is 1. The van der Waals surface area contributed by atoms with Crippen LogP contribution in [0.25, 0.3) is 0 Å². The summed E-state index contributed by atoms with van der Waals surface area (Å²) in [6, 6.07) is 0. The smallest absolute Gasteiger partial charge is 0.346 e. The van der Waals surface area contributed by atoms with E-state index in [0.717, 1.165) is 35.3 Å². The molecule has 1 aliphatic heterocycles. The van der Waals surface area contributed by atoms with E-state index in [9.17, 15) is 19.2 Å². The predicted molar refractivity (Wildman–Crippen MR) is 108 cm³/mol. The number of nitrogen functional groups attached to an aromatic ring is 1. The second kappa shape index (κ2) is 8.50. The van der Waals surface area contributed by atoms with Gasteiger partial charge in [0.2, 0.25) is 5.91 Å². The summed E-state index contributed by atoms with van der Waals surface area (Å²) in [5, 5.41) is 4.29. The van der Waals surface area contributed by atoms with Gasteiger partial charge in [-0.25, -0.2) is 14.3 Å². The van der Waals surface area contributed by atoms with Crippen molar-refractivity contribution >= 4 is 17.4 Å². The average molecular weight is 405 g/mol. The maximum atomic E-state index is 12.8. The fraction of sp³-hybridized carbons (Fsp3) is 0.611. The molecule has 0 spiro atoms. The molecule has 1 aliphatic rings. The number of aryl methyl sites for hydroxylation is 1. The van der Waals surface area contributed by atoms with Crippen LogP contribution in [-0.2, 0) is 30.8 Å². The summed E-state index contributed by atoms with van der Waals surface area (Å²) in [6.45, 7) is 2.57. The maximum Gasteiger partial charge on any atom is 0.346 e. The zero-order valence-electron chi connectivity index (χ0n) is 16.8. The van der Waals surface area contributed by atoms with Crippen molar-refractivity contribution in [1.82, 2.24) is 23.9 Å². The van der Waals surface area contributed by atoms with Crippen LogP contribution in [0, 0.1) is 0 Å². The number of anilines is 2. The standard InChI is InChI=1S/C18H27N7O4/c1-3-4-9-24-15(19)14(16(27)20-17(24)28)22(2)13(26)11-25-18(29)23-10-7-5-6-8-12(23)21-25/h3-11,19H2,1-2H3,(H,20,27,28). The van der Waals surface area contributed by atoms with E-state index in [2.05, 4.69) is 10.1 Å². The number of carbonyl (C=O) groups is 1. The number of nitrogens with zero attached hydrogens (tertiary/aromatic N) is 5. The number of aromatic nitrogens is 5. The molecule has 3 N–H and O–H groups in total. The summed E-state index contributed by atoms with van der Waals surface area (Å²) in [5.41, 5.74) is 4.24. The van der Waals surface area contributed by atoms with Gasteiger partial charge >= 0.3 is 11.4 Å². The number of carbonyl (C=O) groups excluding carboxylic acids is 1. The third-order valence-corrected chi connectivity index (χ3v) is 5.23. The van der Waals surface area contributed by atoms with Gasteiger partial charge in [0.25, 0.3) is 5.56 Å². The summed E-state index contributed by atoms with van der Waals surface area (Å²) in [6.07, 6.45) is 5.13. The summed E-state index contributed by atoms with van der Waals surface area (Å²) in [5.74, 6) is 0.0719. The van der Waals surface area contributed by atoms with Gasteiger partial charge in [-0.1, -0.05) is 19.8 Å². The lowest BCUT2D eigenvalue weighted by Crippen LogP contribution is -2.41. The van der Waals surface area contributed by atoms with Crippen molar-refractivity contribution in [1.29, 1.82) is 0 Å². The van der Waals surface area contributed by atoms with Crippen molar-refractivity contribution in [3.63, 3.8) is 0 Å². The molecule has 0 unspecified atom stereocenters. The van der Waals surface area contributed by atoms with Crippen molar-refractivity contribution in [3.8, 4) is 0 Å². The molecule has 11 nitrogen and oxygen atoms in total. The highest BCUT2D eigenvalue weighted by molar-refractivity contribution is 5.94. The largest absolute Gasteiger partial charge is 0.383 e. The van der Waals surface area contributed by atoms with Gasteiger partial charge in [0.1, 0.15) is 18.2 Å². The zero-order valence-corrected chi connectivity index (χ0v) is 16.8. The number of hydrogen-bond acceptors (Lipinski definition) is 6. The first kappa shape index (κ1) is 20.6. The Balaban J connectivity index is 1.89. The highest BCUT2D eigenvalue weighted by Crippen LogP contribution is 2.16. The SMILES string of the molecule is CCCCn1c(N)c(N(C)C(=O)Cn2nc3n(c2=O)CCCCC3)c(=O)[nH]c1=O. The molecule has 29 heavy (non-hydrogen) atoms. The number of aromatic amines is 1. The number of amides is 1. The van der Waals surface area contributed by atoms with E-state index in [1.165, 1.54) is 11.6 Å². The van der Waals surface area contributed by atoms with E-state index in [1.807, 2.05) is 6.92 Å². The number of unbranched alkanes of at least 4 members (excludes halogenated alkanes) is 1. The first-order chi connectivity index (χ1) is 13.8. The molecule has 0 radical (unpaired) electrons. The molecule has 0 fully saturated rings. The fourth-order valence-electron chi connectivity index (χ4n) is 3.53. The molecule has 0 aliphatic carbocycles. The van der Waals surface area contributed by atoms with E-state index >= 15 is 0 Å². The van der Waals surface area contributed by atoms with Crippen LogP contribution in [0.4, 0.5) is 11.5 Å². The van der Waals surface area contributed by atoms with Crippen molar-refractivity contribution in [2.45, 2.75) is 65.1 Å². The van der Waals surface area contributed by atoms with Crippen LogP contribution in [0.3, 0.4) is 0 Å². The number of H-pyrrole nitrogens is 1. The molecule has 3 heterocycles. The summed E-state index contributed by atoms with van der Waals surface area (Å²) in [4.78, 5) is 53.0. The Morgan fingerprint density at radius 3 is 2.72 bits per heavy atom. The van der Waals surface area contributed by atoms with Crippen LogP contribution in [-0.4, -0.2) is 36.9 Å². The number of likely N-dealkylation sites (N-methyl/N-ethyl adjacent to an activating group) is 1. The highest BCUT2D eigenvalue weighted by Gasteiger charge is 2.23. The van der Waals surface area contributed by atoms with E-state index in [4.69, 9.17) is 5.73 Å². The van der Waals surface area contributed by atoms with Gasteiger partial charge in [-0.05, 0) is 19.3 Å². The third kappa shape index (κ3) is 4.03. The normalized spacial score (nSPS) is 13.7. The summed E-state index contributed by atoms with van der Waals surface area (Å²) >= 11 is 0. The molecule has 0 bridgehead atoms. The topological polar surface area (TPSA) is 141 Å². The summed E-state index contributed by atoms with van der Waals surface area (Å²) < 4.78 is 3.97. The molecule has 1 amide bonds. The molecule has 158 valence electrons. The van der Waals surface area contributed by atoms with Crippen molar-refractivity contribution in [3.05, 3.63) is 37.1 Å². The van der Waals surface area contributed by atoms with Gasteiger partial charge in [-0.3, -0.25) is 23.7 Å². The van der Waals surface area contributed by atoms with Gasteiger partial charge in [0, 0.05) is 26.6 Å². The second-order valence-corrected chi connectivity index (χ2v) is 7.27. The lowest BCUT2D eigenvalue weighted by molar-refractivity contribution is -0.119. The molecule has 0 atom stereocenters. The van der Waals surface area contributed by atoms with Crippen molar-refractivity contribution < 1.29 is 4.79 Å². The van der Waals surface area contributed by atoms with Crippen molar-refractivity contribution in [2.75, 3.05) is 17.7 Å². The van der Waals surface area contributed by atoms with Crippen LogP contribution in [0.15, 0.2) is 14.4 Å². The van der Waals surface area contributed by atoms with Gasteiger partial charge < -0.3 is 10.6 Å². The lowest BCUT2D eigenvalue weighted by atomic mass is 10.2. The van der Waals surface area contributed by atoms with Gasteiger partial charge in [-0.2, -0.15) is 5.10 Å². The number of fused-ring (bicyclic) bond motifs is 1. The summed E-state index contributed by atoms with van der Waals surface area (Å²) in [7, 11) is 1.39. The Morgan fingerprint density at radius 1 is 1.24 bits per heavy atom. The molecule has 11 heteroatoms. The number of hydrogen-bond donors (Lipinski definition) is 2. The van der Waals surface area contributed by atoms with E-state index < -0.39 is 17.2 Å². The van der Waals surface area contributed by atoms with Crippen LogP contribution in [0.2, 0.25) is 0 Å².